The molecule has 0 amide bonds. The molecule has 182 valence electrons. The van der Waals surface area contributed by atoms with Crippen LogP contribution < -0.4 is 4.74 Å². The third kappa shape index (κ3) is 4.57. The predicted octanol–water partition coefficient (Wildman–Crippen LogP) is 8.20. The zero-order valence-electron chi connectivity index (χ0n) is 19.5. The highest BCUT2D eigenvalue weighted by atomic mass is 35.5. The minimum Gasteiger partial charge on any atom is -0.489 e. The molecule has 2 aromatic heterocycles. The van der Waals surface area contributed by atoms with E-state index in [1.165, 1.54) is 0 Å². The summed E-state index contributed by atoms with van der Waals surface area (Å²) in [6.07, 6.45) is 0. The highest BCUT2D eigenvalue weighted by Gasteiger charge is 2.23. The second kappa shape index (κ2) is 9.72. The van der Waals surface area contributed by atoms with E-state index in [0.29, 0.717) is 27.1 Å². The summed E-state index contributed by atoms with van der Waals surface area (Å²) in [6.45, 7) is 4.29. The zero-order valence-corrected chi connectivity index (χ0v) is 21.0. The predicted molar refractivity (Wildman–Crippen MR) is 141 cm³/mol. The Balaban J connectivity index is 1.39. The summed E-state index contributed by atoms with van der Waals surface area (Å²) in [4.78, 5) is 14.1. The molecule has 0 aliphatic carbocycles. The number of hydrogen-bond donors (Lipinski definition) is 2. The molecule has 0 fully saturated rings. The van der Waals surface area contributed by atoms with Crippen molar-refractivity contribution in [1.29, 1.82) is 0 Å². The number of hydrogen-bond acceptors (Lipinski definition) is 4. The minimum atomic E-state index is -0.984. The molecule has 5 aromatic rings. The van der Waals surface area contributed by atoms with Crippen molar-refractivity contribution in [2.75, 3.05) is 0 Å². The van der Waals surface area contributed by atoms with Crippen LogP contribution in [0, 0.1) is 0 Å². The highest BCUT2D eigenvalue weighted by molar-refractivity contribution is 6.39. The van der Waals surface area contributed by atoms with E-state index in [2.05, 4.69) is 10.1 Å². The Hall–Kier alpha value is -3.74. The molecule has 0 bridgehead atoms. The van der Waals surface area contributed by atoms with Gasteiger partial charge in [-0.1, -0.05) is 66.5 Å². The molecule has 0 unspecified atom stereocenters. The molecule has 0 radical (unpaired) electrons. The second-order valence-electron chi connectivity index (χ2n) is 8.73. The molecule has 36 heavy (non-hydrogen) atoms. The van der Waals surface area contributed by atoms with Gasteiger partial charge in [0.1, 0.15) is 29.5 Å². The number of carbonyl (C=O) groups is 1. The van der Waals surface area contributed by atoms with Gasteiger partial charge in [0.05, 0.1) is 15.6 Å². The Labute approximate surface area is 217 Å². The van der Waals surface area contributed by atoms with Crippen LogP contribution in [0.25, 0.3) is 33.3 Å². The lowest BCUT2D eigenvalue weighted by atomic mass is 10.0. The van der Waals surface area contributed by atoms with Gasteiger partial charge in [-0.25, -0.2) is 4.79 Å². The number of aromatic carboxylic acids is 1. The maximum absolute atomic E-state index is 11.2. The number of nitrogens with zero attached hydrogens (tertiary/aromatic N) is 1. The van der Waals surface area contributed by atoms with E-state index < -0.39 is 5.97 Å². The number of aromatic amines is 1. The van der Waals surface area contributed by atoms with Crippen molar-refractivity contribution >= 4 is 40.1 Å². The lowest BCUT2D eigenvalue weighted by molar-refractivity contribution is 0.0691. The van der Waals surface area contributed by atoms with E-state index in [0.717, 1.165) is 33.4 Å². The Morgan fingerprint density at radius 2 is 1.72 bits per heavy atom. The smallest absolute Gasteiger partial charge is 0.352 e. The Kier molecular flexibility index (Phi) is 6.48. The molecule has 2 N–H and O–H groups in total. The number of aromatic nitrogens is 2. The van der Waals surface area contributed by atoms with Crippen LogP contribution in [0.3, 0.4) is 0 Å². The topological polar surface area (TPSA) is 88.4 Å². The van der Waals surface area contributed by atoms with Crippen LogP contribution in [0.5, 0.6) is 5.75 Å². The average Bonchev–Trinajstić information content (AvgIpc) is 3.47. The molecule has 0 saturated carbocycles. The molecule has 0 saturated heterocycles. The number of rotatable bonds is 7. The van der Waals surface area contributed by atoms with Crippen molar-refractivity contribution in [2.24, 2.45) is 0 Å². The fourth-order valence-electron chi connectivity index (χ4n) is 4.16. The van der Waals surface area contributed by atoms with Crippen molar-refractivity contribution in [2.45, 2.75) is 26.4 Å². The molecule has 5 rings (SSSR count). The van der Waals surface area contributed by atoms with Crippen molar-refractivity contribution in [1.82, 2.24) is 10.1 Å². The quantitative estimate of drug-likeness (QED) is 0.225. The van der Waals surface area contributed by atoms with Gasteiger partial charge in [0.15, 0.2) is 0 Å². The number of fused-ring (bicyclic) bond motifs is 1. The van der Waals surface area contributed by atoms with Gasteiger partial charge in [0, 0.05) is 22.4 Å². The molecule has 0 atom stereocenters. The fraction of sp³-hybridized carbons (Fsp3) is 0.143. The van der Waals surface area contributed by atoms with Crippen LogP contribution in [0.15, 0.2) is 71.3 Å². The fourth-order valence-corrected chi connectivity index (χ4v) is 4.74. The molecule has 6 nitrogen and oxygen atoms in total. The normalized spacial score (nSPS) is 11.4. The van der Waals surface area contributed by atoms with Crippen LogP contribution in [0.1, 0.15) is 41.6 Å². The minimum absolute atomic E-state index is 0.0958. The molecular weight excluding hydrogens is 499 g/mol. The van der Waals surface area contributed by atoms with Crippen molar-refractivity contribution in [3.8, 4) is 28.1 Å². The van der Waals surface area contributed by atoms with Crippen molar-refractivity contribution in [3.05, 3.63) is 93.8 Å². The summed E-state index contributed by atoms with van der Waals surface area (Å²) < 4.78 is 11.8. The van der Waals surface area contributed by atoms with Crippen molar-refractivity contribution in [3.63, 3.8) is 0 Å². The third-order valence-corrected chi connectivity index (χ3v) is 6.59. The molecule has 0 spiro atoms. The highest BCUT2D eigenvalue weighted by Crippen LogP contribution is 2.39. The first-order valence-corrected chi connectivity index (χ1v) is 12.1. The van der Waals surface area contributed by atoms with Gasteiger partial charge in [0.2, 0.25) is 0 Å². The van der Waals surface area contributed by atoms with Crippen LogP contribution in [0.4, 0.5) is 0 Å². The number of carboxylic acid groups (broad SMARTS) is 1. The monoisotopic (exact) mass is 520 g/mol. The third-order valence-electron chi connectivity index (χ3n) is 5.96. The van der Waals surface area contributed by atoms with Crippen LogP contribution in [-0.4, -0.2) is 21.2 Å². The van der Waals surface area contributed by atoms with E-state index in [1.807, 2.05) is 56.3 Å². The van der Waals surface area contributed by atoms with Gasteiger partial charge in [-0.3, -0.25) is 0 Å². The zero-order chi connectivity index (χ0) is 25.4. The summed E-state index contributed by atoms with van der Waals surface area (Å²) >= 11 is 12.9. The lowest BCUT2D eigenvalue weighted by Gasteiger charge is -2.11. The van der Waals surface area contributed by atoms with Gasteiger partial charge in [-0.05, 0) is 53.6 Å². The molecule has 0 aliphatic rings. The second-order valence-corrected chi connectivity index (χ2v) is 9.54. The lowest BCUT2D eigenvalue weighted by Crippen LogP contribution is -2.01. The summed E-state index contributed by atoms with van der Waals surface area (Å²) in [6, 6.07) is 20.4. The van der Waals surface area contributed by atoms with E-state index in [-0.39, 0.29) is 18.2 Å². The van der Waals surface area contributed by atoms with Gasteiger partial charge < -0.3 is 19.4 Å². The van der Waals surface area contributed by atoms with E-state index >= 15 is 0 Å². The van der Waals surface area contributed by atoms with E-state index in [4.69, 9.17) is 32.5 Å². The molecule has 0 aliphatic heterocycles. The maximum Gasteiger partial charge on any atom is 0.352 e. The number of H-pyrrole nitrogens is 1. The first kappa shape index (κ1) is 24.0. The van der Waals surface area contributed by atoms with Gasteiger partial charge >= 0.3 is 5.97 Å². The average molecular weight is 521 g/mol. The largest absolute Gasteiger partial charge is 0.489 e. The van der Waals surface area contributed by atoms with E-state index in [9.17, 15) is 9.90 Å². The number of halogens is 2. The molecule has 3 aromatic carbocycles. The van der Waals surface area contributed by atoms with Crippen LogP contribution in [-0.2, 0) is 6.61 Å². The number of nitrogens with one attached hydrogen (secondary N) is 1. The molecular formula is C28H22Cl2N2O4. The number of ether oxygens (including phenoxy) is 1. The maximum atomic E-state index is 11.2. The summed E-state index contributed by atoms with van der Waals surface area (Å²) in [5.74, 6) is 0.515. The van der Waals surface area contributed by atoms with Crippen LogP contribution in [0.2, 0.25) is 10.0 Å². The molecule has 2 heterocycles. The van der Waals surface area contributed by atoms with Crippen LogP contribution >= 0.6 is 23.2 Å². The molecule has 8 heteroatoms. The summed E-state index contributed by atoms with van der Waals surface area (Å²) in [5, 5.41) is 15.3. The number of benzene rings is 3. The first-order chi connectivity index (χ1) is 17.3. The SMILES string of the molecule is CC(C)c1onc(-c2c(Cl)cccc2Cl)c1COc1ccc(-c2ccc3[nH]c(C(=O)O)cc3c2)cc1. The Morgan fingerprint density at radius 1 is 1.03 bits per heavy atom. The first-order valence-electron chi connectivity index (χ1n) is 11.3. The standard InChI is InChI=1S/C28H22Cl2N2O4/c1-15(2)27-20(26(32-36-27)25-21(29)4-3-5-22(25)30)14-35-19-9-6-16(7-10-19)17-8-11-23-18(12-17)13-24(31-23)28(33)34/h3-13,15,31H,14H2,1-2H3,(H,33,34). The van der Waals surface area contributed by atoms with Crippen molar-refractivity contribution < 1.29 is 19.2 Å². The Morgan fingerprint density at radius 3 is 2.39 bits per heavy atom. The number of carboxylic acids is 1. The van der Waals surface area contributed by atoms with Gasteiger partial charge in [0.25, 0.3) is 0 Å². The Bertz CT molecular complexity index is 1550. The summed E-state index contributed by atoms with van der Waals surface area (Å²) in [5.41, 5.74) is 4.90. The van der Waals surface area contributed by atoms with Gasteiger partial charge in [-0.2, -0.15) is 0 Å². The van der Waals surface area contributed by atoms with E-state index in [1.54, 1.807) is 24.3 Å². The summed E-state index contributed by atoms with van der Waals surface area (Å²) in [7, 11) is 0. The van der Waals surface area contributed by atoms with Gasteiger partial charge in [-0.15, -0.1) is 0 Å².